The van der Waals surface area contributed by atoms with Gasteiger partial charge in [-0.3, -0.25) is 0 Å². The summed E-state index contributed by atoms with van der Waals surface area (Å²) < 4.78 is 8.84. The van der Waals surface area contributed by atoms with Crippen molar-refractivity contribution in [1.29, 1.82) is 0 Å². The van der Waals surface area contributed by atoms with Crippen molar-refractivity contribution in [3.63, 3.8) is 0 Å². The third-order valence-corrected chi connectivity index (χ3v) is 6.41. The Kier molecular flexibility index (Phi) is 6.09. The van der Waals surface area contributed by atoms with Gasteiger partial charge in [-0.2, -0.15) is 0 Å². The van der Waals surface area contributed by atoms with Crippen LogP contribution in [0.25, 0.3) is 16.6 Å². The molecule has 0 aliphatic carbocycles. The fraction of sp³-hybridized carbons (Fsp3) is 0.280. The van der Waals surface area contributed by atoms with Gasteiger partial charge in [0, 0.05) is 36.8 Å². The third kappa shape index (κ3) is 4.35. The standard InChI is InChI=1S/C25H26BrN5O2/c1-2-33-23-9-4-3-7-19(23)28-25(32)30-13-6-12-29(15-16-30)24-22-8-5-14-31(22)21-11-10-18(26)17-20(21)27-24/h3-5,7-11,14,17H,2,6,12-13,15-16H2,1H3,(H,28,32). The number of carbonyl (C=O) groups is 1. The molecule has 2 aromatic carbocycles. The van der Waals surface area contributed by atoms with Gasteiger partial charge in [0.25, 0.3) is 0 Å². The Morgan fingerprint density at radius 2 is 1.94 bits per heavy atom. The Balaban J connectivity index is 1.36. The van der Waals surface area contributed by atoms with Gasteiger partial charge in [-0.05, 0) is 55.8 Å². The lowest BCUT2D eigenvalue weighted by Crippen LogP contribution is -2.38. The van der Waals surface area contributed by atoms with E-state index >= 15 is 0 Å². The molecule has 0 spiro atoms. The zero-order chi connectivity index (χ0) is 22.8. The number of para-hydroxylation sites is 2. The minimum atomic E-state index is -0.104. The minimum absolute atomic E-state index is 0.104. The van der Waals surface area contributed by atoms with Crippen molar-refractivity contribution in [2.24, 2.45) is 0 Å². The van der Waals surface area contributed by atoms with Crippen molar-refractivity contribution in [2.75, 3.05) is 43.0 Å². The van der Waals surface area contributed by atoms with Crippen molar-refractivity contribution >= 4 is 50.0 Å². The Hall–Kier alpha value is -3.26. The van der Waals surface area contributed by atoms with Gasteiger partial charge in [0.2, 0.25) is 0 Å². The molecule has 1 fully saturated rings. The lowest BCUT2D eigenvalue weighted by Gasteiger charge is -2.24. The van der Waals surface area contributed by atoms with E-state index in [0.29, 0.717) is 37.7 Å². The molecule has 3 heterocycles. The van der Waals surface area contributed by atoms with Crippen molar-refractivity contribution in [3.8, 4) is 5.75 Å². The van der Waals surface area contributed by atoms with E-state index in [1.165, 1.54) is 0 Å². The summed E-state index contributed by atoms with van der Waals surface area (Å²) >= 11 is 3.56. The monoisotopic (exact) mass is 507 g/mol. The molecule has 170 valence electrons. The largest absolute Gasteiger partial charge is 0.492 e. The van der Waals surface area contributed by atoms with Crippen molar-refractivity contribution < 1.29 is 9.53 Å². The van der Waals surface area contributed by atoms with Crippen LogP contribution in [0.3, 0.4) is 0 Å². The average molecular weight is 508 g/mol. The molecule has 0 radical (unpaired) electrons. The summed E-state index contributed by atoms with van der Waals surface area (Å²) in [4.78, 5) is 22.2. The fourth-order valence-corrected chi connectivity index (χ4v) is 4.69. The number of aromatic nitrogens is 2. The van der Waals surface area contributed by atoms with Crippen LogP contribution < -0.4 is 15.0 Å². The first-order chi connectivity index (χ1) is 16.1. The summed E-state index contributed by atoms with van der Waals surface area (Å²) in [7, 11) is 0. The number of hydrogen-bond donors (Lipinski definition) is 1. The van der Waals surface area contributed by atoms with Gasteiger partial charge in [-0.15, -0.1) is 0 Å². The Bertz CT molecular complexity index is 1300. The Labute approximate surface area is 201 Å². The summed E-state index contributed by atoms with van der Waals surface area (Å²) in [6.07, 6.45) is 2.94. The molecule has 0 unspecified atom stereocenters. The highest BCUT2D eigenvalue weighted by atomic mass is 79.9. The maximum atomic E-state index is 13.0. The molecule has 1 N–H and O–H groups in total. The smallest absolute Gasteiger partial charge is 0.322 e. The van der Waals surface area contributed by atoms with Gasteiger partial charge < -0.3 is 24.3 Å². The lowest BCUT2D eigenvalue weighted by atomic mass is 10.3. The second kappa shape index (κ2) is 9.31. The Morgan fingerprint density at radius 3 is 2.82 bits per heavy atom. The third-order valence-electron chi connectivity index (χ3n) is 5.91. The molecule has 1 aliphatic rings. The van der Waals surface area contributed by atoms with Gasteiger partial charge in [0.1, 0.15) is 5.75 Å². The van der Waals surface area contributed by atoms with E-state index in [1.54, 1.807) is 0 Å². The van der Waals surface area contributed by atoms with E-state index in [2.05, 4.69) is 54.9 Å². The number of urea groups is 1. The van der Waals surface area contributed by atoms with E-state index in [-0.39, 0.29) is 6.03 Å². The van der Waals surface area contributed by atoms with E-state index in [9.17, 15) is 4.79 Å². The minimum Gasteiger partial charge on any atom is -0.492 e. The zero-order valence-corrected chi connectivity index (χ0v) is 20.1. The Morgan fingerprint density at radius 1 is 1.06 bits per heavy atom. The maximum absolute atomic E-state index is 13.0. The summed E-state index contributed by atoms with van der Waals surface area (Å²) in [6, 6.07) is 17.8. The molecular formula is C25H26BrN5O2. The predicted octanol–water partition coefficient (Wildman–Crippen LogP) is 5.39. The summed E-state index contributed by atoms with van der Waals surface area (Å²) in [5.41, 5.74) is 3.79. The highest BCUT2D eigenvalue weighted by Crippen LogP contribution is 2.28. The maximum Gasteiger partial charge on any atom is 0.322 e. The van der Waals surface area contributed by atoms with Crippen LogP contribution in [0.5, 0.6) is 5.75 Å². The molecule has 0 saturated carbocycles. The fourth-order valence-electron chi connectivity index (χ4n) is 4.35. The highest BCUT2D eigenvalue weighted by Gasteiger charge is 2.22. The molecule has 0 bridgehead atoms. The zero-order valence-electron chi connectivity index (χ0n) is 18.5. The molecule has 2 aromatic heterocycles. The van der Waals surface area contributed by atoms with Gasteiger partial charge >= 0.3 is 6.03 Å². The predicted molar refractivity (Wildman–Crippen MR) is 135 cm³/mol. The topological polar surface area (TPSA) is 62.1 Å². The number of benzene rings is 2. The number of ether oxygens (including phenoxy) is 1. The molecular weight excluding hydrogens is 482 g/mol. The quantitative estimate of drug-likeness (QED) is 0.402. The SMILES string of the molecule is CCOc1ccccc1NC(=O)N1CCCN(c2nc3cc(Br)ccc3n3cccc23)CC1. The number of rotatable bonds is 4. The second-order valence-electron chi connectivity index (χ2n) is 8.02. The molecule has 0 atom stereocenters. The molecule has 1 aliphatic heterocycles. The normalized spacial score (nSPS) is 14.5. The number of anilines is 2. The molecule has 2 amide bonds. The van der Waals surface area contributed by atoms with E-state index in [1.807, 2.05) is 48.2 Å². The molecule has 4 aromatic rings. The summed E-state index contributed by atoms with van der Waals surface area (Å²) in [6.45, 7) is 5.35. The van der Waals surface area contributed by atoms with Crippen LogP contribution in [0.2, 0.25) is 0 Å². The van der Waals surface area contributed by atoms with Crippen LogP contribution in [0.1, 0.15) is 13.3 Å². The number of nitrogens with zero attached hydrogens (tertiary/aromatic N) is 4. The summed E-state index contributed by atoms with van der Waals surface area (Å²) in [5.74, 6) is 1.64. The molecule has 7 nitrogen and oxygen atoms in total. The molecule has 33 heavy (non-hydrogen) atoms. The number of fused-ring (bicyclic) bond motifs is 3. The second-order valence-corrected chi connectivity index (χ2v) is 8.93. The van der Waals surface area contributed by atoms with Gasteiger partial charge in [0.15, 0.2) is 5.82 Å². The molecule has 8 heteroatoms. The first kappa shape index (κ1) is 21.6. The van der Waals surface area contributed by atoms with Crippen LogP contribution in [-0.4, -0.2) is 53.1 Å². The van der Waals surface area contributed by atoms with Crippen molar-refractivity contribution in [2.45, 2.75) is 13.3 Å². The van der Waals surface area contributed by atoms with Crippen LogP contribution >= 0.6 is 15.9 Å². The number of nitrogens with one attached hydrogen (secondary N) is 1. The first-order valence-corrected chi connectivity index (χ1v) is 12.0. The van der Waals surface area contributed by atoms with E-state index in [4.69, 9.17) is 9.72 Å². The van der Waals surface area contributed by atoms with E-state index < -0.39 is 0 Å². The number of carbonyl (C=O) groups excluding carboxylic acids is 1. The van der Waals surface area contributed by atoms with Crippen molar-refractivity contribution in [1.82, 2.24) is 14.3 Å². The van der Waals surface area contributed by atoms with Crippen molar-refractivity contribution in [3.05, 3.63) is 65.3 Å². The van der Waals surface area contributed by atoms with E-state index in [0.717, 1.165) is 39.8 Å². The van der Waals surface area contributed by atoms with Gasteiger partial charge in [0.05, 0.1) is 28.8 Å². The van der Waals surface area contributed by atoms with Gasteiger partial charge in [-0.25, -0.2) is 9.78 Å². The lowest BCUT2D eigenvalue weighted by molar-refractivity contribution is 0.215. The first-order valence-electron chi connectivity index (χ1n) is 11.2. The van der Waals surface area contributed by atoms with Crippen LogP contribution in [0.15, 0.2) is 65.3 Å². The highest BCUT2D eigenvalue weighted by molar-refractivity contribution is 9.10. The van der Waals surface area contributed by atoms with Crippen LogP contribution in [0, 0.1) is 0 Å². The average Bonchev–Trinajstić information content (AvgIpc) is 3.17. The number of amides is 2. The summed E-state index contributed by atoms with van der Waals surface area (Å²) in [5, 5.41) is 3.02. The number of halogens is 1. The molecule has 1 saturated heterocycles. The van der Waals surface area contributed by atoms with Crippen LogP contribution in [-0.2, 0) is 0 Å². The van der Waals surface area contributed by atoms with Gasteiger partial charge in [-0.1, -0.05) is 28.1 Å². The number of hydrogen-bond acceptors (Lipinski definition) is 4. The molecule has 5 rings (SSSR count). The van der Waals surface area contributed by atoms with Crippen LogP contribution in [0.4, 0.5) is 16.3 Å².